The van der Waals surface area contributed by atoms with Gasteiger partial charge in [-0.15, -0.1) is 0 Å². The van der Waals surface area contributed by atoms with Crippen LogP contribution in [0.1, 0.15) is 36.9 Å². The zero-order chi connectivity index (χ0) is 19.2. The molecule has 2 atom stereocenters. The van der Waals surface area contributed by atoms with Gasteiger partial charge < -0.3 is 14.8 Å². The highest BCUT2D eigenvalue weighted by Crippen LogP contribution is 2.35. The number of sulfonamides is 1. The van der Waals surface area contributed by atoms with Gasteiger partial charge in [0.1, 0.15) is 13.2 Å². The van der Waals surface area contributed by atoms with Crippen molar-refractivity contribution in [3.8, 4) is 11.5 Å². The molecule has 2 N–H and O–H groups in total. The minimum absolute atomic E-state index is 0.128. The topological polar surface area (TPSA) is 93.7 Å². The van der Waals surface area contributed by atoms with Gasteiger partial charge in [-0.25, -0.2) is 13.1 Å². The number of carbonyl (C=O) groups is 1. The van der Waals surface area contributed by atoms with E-state index in [0.717, 1.165) is 5.56 Å². The molecule has 0 fully saturated rings. The number of anilines is 1. The summed E-state index contributed by atoms with van der Waals surface area (Å²) in [6.07, 6.45) is 0. The zero-order valence-electron chi connectivity index (χ0n) is 15.0. The van der Waals surface area contributed by atoms with Crippen LogP contribution >= 0.6 is 0 Å². The molecule has 0 bridgehead atoms. The molecule has 7 nitrogen and oxygen atoms in total. The predicted molar refractivity (Wildman–Crippen MR) is 99.7 cm³/mol. The fourth-order valence-electron chi connectivity index (χ4n) is 3.26. The van der Waals surface area contributed by atoms with Gasteiger partial charge in [0.2, 0.25) is 15.9 Å². The number of nitrogens with one attached hydrogen (secondary N) is 2. The van der Waals surface area contributed by atoms with Crippen molar-refractivity contribution >= 4 is 21.6 Å². The van der Waals surface area contributed by atoms with Crippen LogP contribution in [-0.4, -0.2) is 27.5 Å². The first-order valence-corrected chi connectivity index (χ1v) is 10.2. The lowest BCUT2D eigenvalue weighted by atomic mass is 10.0. The van der Waals surface area contributed by atoms with Crippen molar-refractivity contribution in [2.75, 3.05) is 18.5 Å². The van der Waals surface area contributed by atoms with Crippen LogP contribution < -0.4 is 19.5 Å². The average molecular weight is 388 g/mol. The van der Waals surface area contributed by atoms with Crippen molar-refractivity contribution in [1.29, 1.82) is 0 Å². The summed E-state index contributed by atoms with van der Waals surface area (Å²) in [4.78, 5) is 11.9. The zero-order valence-corrected chi connectivity index (χ0v) is 15.8. The van der Waals surface area contributed by atoms with Crippen LogP contribution in [0.4, 0.5) is 5.69 Å². The van der Waals surface area contributed by atoms with E-state index in [1.54, 1.807) is 38.1 Å². The van der Waals surface area contributed by atoms with Gasteiger partial charge >= 0.3 is 0 Å². The van der Waals surface area contributed by atoms with Crippen LogP contribution in [0, 0.1) is 0 Å². The Kier molecular flexibility index (Phi) is 4.32. The number of hydrogen-bond acceptors (Lipinski definition) is 5. The van der Waals surface area contributed by atoms with Crippen LogP contribution in [-0.2, 0) is 14.8 Å². The second kappa shape index (κ2) is 6.54. The summed E-state index contributed by atoms with van der Waals surface area (Å²) < 4.78 is 39.4. The first kappa shape index (κ1) is 17.8. The number of rotatable bonds is 4. The highest BCUT2D eigenvalue weighted by molar-refractivity contribution is 7.89. The highest BCUT2D eigenvalue weighted by Gasteiger charge is 2.29. The average Bonchev–Trinajstić information content (AvgIpc) is 2.94. The van der Waals surface area contributed by atoms with Crippen LogP contribution in [0.25, 0.3) is 0 Å². The minimum atomic E-state index is -3.75. The maximum Gasteiger partial charge on any atom is 0.241 e. The molecule has 0 aliphatic carbocycles. The molecule has 8 heteroatoms. The lowest BCUT2D eigenvalue weighted by Gasteiger charge is -2.21. The summed E-state index contributed by atoms with van der Waals surface area (Å²) in [5, 5.41) is 2.74. The molecular formula is C19H20N2O5S. The van der Waals surface area contributed by atoms with E-state index in [9.17, 15) is 13.2 Å². The molecule has 2 heterocycles. The van der Waals surface area contributed by atoms with E-state index in [4.69, 9.17) is 9.47 Å². The lowest BCUT2D eigenvalue weighted by molar-refractivity contribution is -0.116. The fourth-order valence-corrected chi connectivity index (χ4v) is 4.53. The summed E-state index contributed by atoms with van der Waals surface area (Å²) in [6.45, 7) is 4.49. The predicted octanol–water partition coefficient (Wildman–Crippen LogP) is 2.55. The summed E-state index contributed by atoms with van der Waals surface area (Å²) in [7, 11) is -3.75. The summed E-state index contributed by atoms with van der Waals surface area (Å²) >= 11 is 0. The Morgan fingerprint density at radius 2 is 1.85 bits per heavy atom. The van der Waals surface area contributed by atoms with E-state index in [2.05, 4.69) is 10.0 Å². The Morgan fingerprint density at radius 3 is 2.63 bits per heavy atom. The van der Waals surface area contributed by atoms with E-state index in [-0.39, 0.29) is 16.7 Å². The van der Waals surface area contributed by atoms with Gasteiger partial charge in [-0.1, -0.05) is 6.07 Å². The third kappa shape index (κ3) is 3.26. The first-order chi connectivity index (χ1) is 12.8. The molecule has 0 saturated heterocycles. The molecule has 2 aliphatic rings. The second-order valence-electron chi connectivity index (χ2n) is 6.71. The summed E-state index contributed by atoms with van der Waals surface area (Å²) in [5.41, 5.74) is 2.12. The molecule has 4 rings (SSSR count). The Morgan fingerprint density at radius 1 is 1.11 bits per heavy atom. The van der Waals surface area contributed by atoms with Crippen molar-refractivity contribution in [3.63, 3.8) is 0 Å². The Balaban J connectivity index is 1.58. The maximum atomic E-state index is 12.8. The maximum absolute atomic E-state index is 12.8. The van der Waals surface area contributed by atoms with Gasteiger partial charge in [0.05, 0.1) is 10.8 Å². The Labute approximate surface area is 157 Å². The summed E-state index contributed by atoms with van der Waals surface area (Å²) in [6, 6.07) is 9.59. The molecule has 0 radical (unpaired) electrons. The number of benzene rings is 2. The van der Waals surface area contributed by atoms with Crippen LogP contribution in [0.3, 0.4) is 0 Å². The fraction of sp³-hybridized carbons (Fsp3) is 0.316. The normalized spacial score (nSPS) is 19.3. The van der Waals surface area contributed by atoms with Crippen LogP contribution in [0.15, 0.2) is 41.3 Å². The van der Waals surface area contributed by atoms with Gasteiger partial charge in [-0.3, -0.25) is 4.79 Å². The molecule has 27 heavy (non-hydrogen) atoms. The van der Waals surface area contributed by atoms with Crippen molar-refractivity contribution < 1.29 is 22.7 Å². The van der Waals surface area contributed by atoms with Gasteiger partial charge in [-0.05, 0) is 55.3 Å². The molecule has 1 amide bonds. The number of fused-ring (bicyclic) bond motifs is 2. The van der Waals surface area contributed by atoms with Gasteiger partial charge in [0.25, 0.3) is 0 Å². The van der Waals surface area contributed by atoms with E-state index >= 15 is 0 Å². The highest BCUT2D eigenvalue weighted by atomic mass is 32.2. The van der Waals surface area contributed by atoms with E-state index < -0.39 is 16.1 Å². The minimum Gasteiger partial charge on any atom is -0.486 e. The van der Waals surface area contributed by atoms with E-state index in [0.29, 0.717) is 36.0 Å². The first-order valence-electron chi connectivity index (χ1n) is 8.72. The number of hydrogen-bond donors (Lipinski definition) is 2. The lowest BCUT2D eigenvalue weighted by Crippen LogP contribution is -2.27. The molecule has 0 aromatic heterocycles. The molecule has 2 aromatic rings. The van der Waals surface area contributed by atoms with E-state index in [1.165, 1.54) is 6.07 Å². The molecule has 0 spiro atoms. The number of amides is 1. The van der Waals surface area contributed by atoms with Crippen molar-refractivity contribution in [3.05, 3.63) is 47.5 Å². The van der Waals surface area contributed by atoms with Gasteiger partial charge in [0.15, 0.2) is 11.5 Å². The molecule has 142 valence electrons. The van der Waals surface area contributed by atoms with Crippen molar-refractivity contribution in [2.24, 2.45) is 0 Å². The standard InChI is InChI=1S/C19H20N2O5S/c1-11-15-10-14(4-5-16(15)20-19(11)22)27(23,24)21-12(2)13-3-6-17-18(9-13)26-8-7-25-17/h3-6,9-12,21H,7-8H2,1-2H3,(H,20,22)/t11-,12-/m1/s1. The third-order valence-corrected chi connectivity index (χ3v) is 6.39. The number of ether oxygens (including phenoxy) is 2. The van der Waals surface area contributed by atoms with Gasteiger partial charge in [0, 0.05) is 11.7 Å². The molecule has 2 aliphatic heterocycles. The van der Waals surface area contributed by atoms with Crippen LogP contribution in [0.5, 0.6) is 11.5 Å². The van der Waals surface area contributed by atoms with E-state index in [1.807, 2.05) is 6.07 Å². The van der Waals surface area contributed by atoms with Crippen molar-refractivity contribution in [2.45, 2.75) is 30.7 Å². The third-order valence-electron chi connectivity index (χ3n) is 4.85. The molecule has 0 unspecified atom stereocenters. The Bertz CT molecular complexity index is 1020. The second-order valence-corrected chi connectivity index (χ2v) is 8.42. The van der Waals surface area contributed by atoms with Gasteiger partial charge in [-0.2, -0.15) is 0 Å². The molecule has 2 aromatic carbocycles. The Hall–Kier alpha value is -2.58. The number of carbonyl (C=O) groups excluding carboxylic acids is 1. The monoisotopic (exact) mass is 388 g/mol. The molecular weight excluding hydrogens is 368 g/mol. The SMILES string of the molecule is C[C@@H](NS(=O)(=O)c1ccc2c(c1)[C@@H](C)C(=O)N2)c1ccc2c(c1)OCCO2. The van der Waals surface area contributed by atoms with Crippen molar-refractivity contribution in [1.82, 2.24) is 4.72 Å². The smallest absolute Gasteiger partial charge is 0.241 e. The largest absolute Gasteiger partial charge is 0.486 e. The van der Waals surface area contributed by atoms with Crippen LogP contribution in [0.2, 0.25) is 0 Å². The molecule has 0 saturated carbocycles. The quantitative estimate of drug-likeness (QED) is 0.840. The summed E-state index contributed by atoms with van der Waals surface area (Å²) in [5.74, 6) is 0.771.